The molecule has 80 valence electrons. The van der Waals surface area contributed by atoms with Gasteiger partial charge >= 0.3 is 6.18 Å². The summed E-state index contributed by atoms with van der Waals surface area (Å²) in [5.41, 5.74) is 0.403. The Hall–Kier alpha value is -1.54. The summed E-state index contributed by atoms with van der Waals surface area (Å²) in [6.45, 7) is 0. The molecule has 0 aliphatic rings. The van der Waals surface area contributed by atoms with Crippen LogP contribution in [0.2, 0.25) is 0 Å². The van der Waals surface area contributed by atoms with Crippen molar-refractivity contribution in [2.45, 2.75) is 18.7 Å². The molecule has 0 aromatic heterocycles. The molecule has 1 rings (SSSR count). The highest BCUT2D eigenvalue weighted by Gasteiger charge is 2.39. The van der Waals surface area contributed by atoms with Crippen molar-refractivity contribution < 1.29 is 18.3 Å². The van der Waals surface area contributed by atoms with Crippen LogP contribution in [0.5, 0.6) is 0 Å². The predicted octanol–water partition coefficient (Wildman–Crippen LogP) is 2.35. The molecular formula is C10H8F3NO. The molecule has 15 heavy (non-hydrogen) atoms. The Morgan fingerprint density at radius 3 is 2.20 bits per heavy atom. The van der Waals surface area contributed by atoms with Crippen LogP contribution in [-0.4, -0.2) is 11.3 Å². The van der Waals surface area contributed by atoms with E-state index in [1.165, 1.54) is 24.3 Å². The van der Waals surface area contributed by atoms with Gasteiger partial charge in [0.05, 0.1) is 12.5 Å². The maximum Gasteiger partial charge on any atom is 0.418 e. The fraction of sp³-hybridized carbons (Fsp3) is 0.300. The lowest BCUT2D eigenvalue weighted by Gasteiger charge is -2.14. The number of nitrogens with zero attached hydrogens (tertiary/aromatic N) is 1. The van der Waals surface area contributed by atoms with Crippen LogP contribution in [0.1, 0.15) is 17.2 Å². The zero-order valence-corrected chi connectivity index (χ0v) is 7.62. The first-order valence-corrected chi connectivity index (χ1v) is 4.15. The average Bonchev–Trinajstić information content (AvgIpc) is 2.17. The number of rotatable bonds is 2. The maximum atomic E-state index is 12.1. The molecule has 0 heterocycles. The van der Waals surface area contributed by atoms with Crippen LogP contribution in [0.15, 0.2) is 24.3 Å². The lowest BCUT2D eigenvalue weighted by atomic mass is 10.1. The summed E-state index contributed by atoms with van der Waals surface area (Å²) in [4.78, 5) is 0. The van der Waals surface area contributed by atoms with E-state index in [9.17, 15) is 13.2 Å². The summed E-state index contributed by atoms with van der Waals surface area (Å²) >= 11 is 0. The number of alkyl halides is 3. The fourth-order valence-electron chi connectivity index (χ4n) is 1.10. The van der Waals surface area contributed by atoms with E-state index in [-0.39, 0.29) is 12.0 Å². The van der Waals surface area contributed by atoms with Crippen LogP contribution in [0, 0.1) is 11.3 Å². The minimum absolute atomic E-state index is 0.141. The fourth-order valence-corrected chi connectivity index (χ4v) is 1.10. The van der Waals surface area contributed by atoms with Crippen LogP contribution in [0.4, 0.5) is 13.2 Å². The van der Waals surface area contributed by atoms with Crippen molar-refractivity contribution in [1.29, 1.82) is 5.26 Å². The average molecular weight is 215 g/mol. The van der Waals surface area contributed by atoms with E-state index in [4.69, 9.17) is 10.4 Å². The predicted molar refractivity (Wildman–Crippen MR) is 46.8 cm³/mol. The lowest BCUT2D eigenvalue weighted by Crippen LogP contribution is -2.20. The summed E-state index contributed by atoms with van der Waals surface area (Å²) in [6, 6.07) is 7.01. The molecule has 0 bridgehead atoms. The first kappa shape index (κ1) is 11.5. The third-order valence-corrected chi connectivity index (χ3v) is 1.89. The zero-order chi connectivity index (χ0) is 11.5. The van der Waals surface area contributed by atoms with Crippen molar-refractivity contribution in [3.63, 3.8) is 0 Å². The smallest absolute Gasteiger partial charge is 0.379 e. The summed E-state index contributed by atoms with van der Waals surface area (Å²) < 4.78 is 36.2. The molecule has 0 spiro atoms. The minimum Gasteiger partial charge on any atom is -0.379 e. The van der Waals surface area contributed by atoms with Gasteiger partial charge in [0.25, 0.3) is 0 Å². The molecule has 1 N–H and O–H groups in total. The van der Waals surface area contributed by atoms with Crippen LogP contribution in [0.25, 0.3) is 0 Å². The molecule has 1 aromatic carbocycles. The first-order valence-electron chi connectivity index (χ1n) is 4.15. The van der Waals surface area contributed by atoms with Gasteiger partial charge in [0.2, 0.25) is 0 Å². The number of aliphatic hydroxyl groups excluding tert-OH is 1. The molecule has 0 amide bonds. The van der Waals surface area contributed by atoms with Crippen molar-refractivity contribution in [3.8, 4) is 6.07 Å². The molecule has 1 atom stereocenters. The second-order valence-electron chi connectivity index (χ2n) is 3.02. The molecule has 5 heteroatoms. The first-order chi connectivity index (χ1) is 6.95. The van der Waals surface area contributed by atoms with Gasteiger partial charge in [-0.15, -0.1) is 0 Å². The van der Waals surface area contributed by atoms with Gasteiger partial charge in [0, 0.05) is 0 Å². The third kappa shape index (κ3) is 2.96. The Morgan fingerprint density at radius 1 is 1.27 bits per heavy atom. The van der Waals surface area contributed by atoms with Gasteiger partial charge in [-0.05, 0) is 11.1 Å². The normalized spacial score (nSPS) is 13.3. The molecule has 1 aromatic rings. The third-order valence-electron chi connectivity index (χ3n) is 1.89. The number of benzene rings is 1. The Morgan fingerprint density at radius 2 is 1.80 bits per heavy atom. The van der Waals surface area contributed by atoms with Gasteiger partial charge in [-0.3, -0.25) is 0 Å². The molecular weight excluding hydrogens is 207 g/mol. The van der Waals surface area contributed by atoms with Crippen LogP contribution in [-0.2, 0) is 6.42 Å². The summed E-state index contributed by atoms with van der Waals surface area (Å²) in [6.07, 6.45) is -6.98. The quantitative estimate of drug-likeness (QED) is 0.822. The highest BCUT2D eigenvalue weighted by atomic mass is 19.4. The summed E-state index contributed by atoms with van der Waals surface area (Å²) in [7, 11) is 0. The van der Waals surface area contributed by atoms with Gasteiger partial charge in [0.1, 0.15) is 0 Å². The van der Waals surface area contributed by atoms with Crippen molar-refractivity contribution in [1.82, 2.24) is 0 Å². The Kier molecular flexibility index (Phi) is 3.32. The molecule has 0 saturated carbocycles. The Balaban J connectivity index is 2.85. The van der Waals surface area contributed by atoms with E-state index in [1.807, 2.05) is 6.07 Å². The van der Waals surface area contributed by atoms with E-state index in [2.05, 4.69) is 0 Å². The van der Waals surface area contributed by atoms with Crippen molar-refractivity contribution in [3.05, 3.63) is 35.4 Å². The Labute approximate surface area is 84.6 Å². The topological polar surface area (TPSA) is 44.0 Å². The molecule has 0 saturated heterocycles. The molecule has 2 nitrogen and oxygen atoms in total. The van der Waals surface area contributed by atoms with Crippen molar-refractivity contribution >= 4 is 0 Å². The second kappa shape index (κ2) is 4.32. The van der Waals surface area contributed by atoms with Crippen LogP contribution >= 0.6 is 0 Å². The molecule has 0 radical (unpaired) electrons. The number of aliphatic hydroxyl groups is 1. The zero-order valence-electron chi connectivity index (χ0n) is 7.62. The van der Waals surface area contributed by atoms with Gasteiger partial charge in [-0.1, -0.05) is 24.3 Å². The molecule has 0 aliphatic carbocycles. The van der Waals surface area contributed by atoms with Gasteiger partial charge in [-0.25, -0.2) is 0 Å². The molecule has 0 fully saturated rings. The Bertz CT molecular complexity index is 364. The largest absolute Gasteiger partial charge is 0.418 e. The van der Waals surface area contributed by atoms with Gasteiger partial charge < -0.3 is 5.11 Å². The van der Waals surface area contributed by atoms with Crippen LogP contribution < -0.4 is 0 Å². The van der Waals surface area contributed by atoms with Gasteiger partial charge in [-0.2, -0.15) is 18.4 Å². The summed E-state index contributed by atoms with van der Waals surface area (Å²) in [5.74, 6) is 0. The number of nitriles is 1. The van der Waals surface area contributed by atoms with Crippen LogP contribution in [0.3, 0.4) is 0 Å². The second-order valence-corrected chi connectivity index (χ2v) is 3.02. The lowest BCUT2D eigenvalue weighted by molar-refractivity contribution is -0.206. The number of halogens is 3. The monoisotopic (exact) mass is 215 g/mol. The molecule has 0 aliphatic heterocycles. The maximum absolute atomic E-state index is 12.1. The van der Waals surface area contributed by atoms with Crippen molar-refractivity contribution in [2.24, 2.45) is 0 Å². The molecule has 1 unspecified atom stereocenters. The van der Waals surface area contributed by atoms with E-state index < -0.39 is 12.3 Å². The SMILES string of the molecule is N#CCc1ccc(C(O)C(F)(F)F)cc1. The summed E-state index contributed by atoms with van der Waals surface area (Å²) in [5, 5.41) is 17.2. The standard InChI is InChI=1S/C10H8F3NO/c11-10(12,13)9(15)8-3-1-7(2-4-8)5-6-14/h1-4,9,15H,5H2. The van der Waals surface area contributed by atoms with E-state index >= 15 is 0 Å². The minimum atomic E-state index is -4.66. The van der Waals surface area contributed by atoms with E-state index in [0.717, 1.165) is 0 Å². The number of hydrogen-bond donors (Lipinski definition) is 1. The number of hydrogen-bond acceptors (Lipinski definition) is 2. The highest BCUT2D eigenvalue weighted by molar-refractivity contribution is 5.26. The van der Waals surface area contributed by atoms with Crippen molar-refractivity contribution in [2.75, 3.05) is 0 Å². The highest BCUT2D eigenvalue weighted by Crippen LogP contribution is 2.32. The van der Waals surface area contributed by atoms with Gasteiger partial charge in [0.15, 0.2) is 6.10 Å². The van der Waals surface area contributed by atoms with E-state index in [1.54, 1.807) is 0 Å². The van der Waals surface area contributed by atoms with E-state index in [0.29, 0.717) is 5.56 Å².